The highest BCUT2D eigenvalue weighted by molar-refractivity contribution is 7.22. The number of benzene rings is 1. The lowest BCUT2D eigenvalue weighted by Crippen LogP contribution is -2.47. The third-order valence-corrected chi connectivity index (χ3v) is 5.01. The number of nitrogens with zero attached hydrogens (tertiary/aromatic N) is 1. The van der Waals surface area contributed by atoms with Crippen LogP contribution >= 0.6 is 11.3 Å². The summed E-state index contributed by atoms with van der Waals surface area (Å²) >= 11 is 1.46. The van der Waals surface area contributed by atoms with Crippen molar-refractivity contribution in [3.63, 3.8) is 0 Å². The van der Waals surface area contributed by atoms with Gasteiger partial charge in [-0.3, -0.25) is 4.79 Å². The van der Waals surface area contributed by atoms with Gasteiger partial charge < -0.3 is 15.8 Å². The quantitative estimate of drug-likeness (QED) is 0.890. The van der Waals surface area contributed by atoms with Crippen LogP contribution in [0.3, 0.4) is 0 Å². The lowest BCUT2D eigenvalue weighted by atomic mass is 9.68. The van der Waals surface area contributed by atoms with E-state index >= 15 is 0 Å². The van der Waals surface area contributed by atoms with E-state index in [1.165, 1.54) is 11.3 Å². The molecule has 1 aromatic heterocycles. The molecule has 1 fully saturated rings. The summed E-state index contributed by atoms with van der Waals surface area (Å²) in [5.41, 5.74) is 6.25. The Morgan fingerprint density at radius 2 is 2.33 bits per heavy atom. The zero-order chi connectivity index (χ0) is 14.9. The van der Waals surface area contributed by atoms with Crippen LogP contribution in [0.25, 0.3) is 10.2 Å². The van der Waals surface area contributed by atoms with Crippen molar-refractivity contribution in [3.8, 4) is 5.75 Å². The summed E-state index contributed by atoms with van der Waals surface area (Å²) in [5.74, 6) is 0.823. The third kappa shape index (κ3) is 2.61. The number of hydrogen-bond donors (Lipinski definition) is 2. The van der Waals surface area contributed by atoms with Gasteiger partial charge >= 0.3 is 0 Å². The normalized spacial score (nSPS) is 16.5. The molecule has 0 bridgehead atoms. The number of ether oxygens (including phenoxy) is 1. The first-order valence-electron chi connectivity index (χ1n) is 7.22. The predicted molar refractivity (Wildman–Crippen MR) is 84.8 cm³/mol. The zero-order valence-electron chi connectivity index (χ0n) is 12.0. The number of anilines is 1. The highest BCUT2D eigenvalue weighted by atomic mass is 32.1. The minimum Gasteiger partial charge on any atom is -0.494 e. The van der Waals surface area contributed by atoms with E-state index in [2.05, 4.69) is 10.3 Å². The Labute approximate surface area is 127 Å². The van der Waals surface area contributed by atoms with Crippen molar-refractivity contribution in [1.29, 1.82) is 0 Å². The Morgan fingerprint density at radius 1 is 1.52 bits per heavy atom. The SMILES string of the molecule is CCOc1ccc2nc(NC(=O)C3(CN)CCC3)sc2c1. The molecule has 1 aliphatic rings. The minimum atomic E-state index is -0.381. The second-order valence-corrected chi connectivity index (χ2v) is 6.40. The fraction of sp³-hybridized carbons (Fsp3) is 0.467. The first-order chi connectivity index (χ1) is 10.2. The molecule has 3 N–H and O–H groups in total. The lowest BCUT2D eigenvalue weighted by Gasteiger charge is -2.38. The average Bonchev–Trinajstić information content (AvgIpc) is 2.80. The fourth-order valence-electron chi connectivity index (χ4n) is 2.57. The molecule has 0 saturated heterocycles. The first kappa shape index (κ1) is 14.3. The number of nitrogens with two attached hydrogens (primary N) is 1. The molecular weight excluding hydrogens is 286 g/mol. The number of rotatable bonds is 5. The number of carbonyl (C=O) groups excluding carboxylic acids is 1. The summed E-state index contributed by atoms with van der Waals surface area (Å²) in [6.07, 6.45) is 2.81. The number of amides is 1. The summed E-state index contributed by atoms with van der Waals surface area (Å²) in [4.78, 5) is 16.8. The minimum absolute atomic E-state index is 0.000313. The molecule has 1 amide bonds. The van der Waals surface area contributed by atoms with Gasteiger partial charge in [0.1, 0.15) is 5.75 Å². The molecule has 112 valence electrons. The predicted octanol–water partition coefficient (Wildman–Crippen LogP) is 2.76. The smallest absolute Gasteiger partial charge is 0.233 e. The molecule has 0 unspecified atom stereocenters. The molecule has 0 atom stereocenters. The molecule has 1 aliphatic carbocycles. The first-order valence-corrected chi connectivity index (χ1v) is 8.03. The van der Waals surface area contributed by atoms with Crippen molar-refractivity contribution < 1.29 is 9.53 Å². The number of aromatic nitrogens is 1. The Kier molecular flexibility index (Phi) is 3.82. The fourth-order valence-corrected chi connectivity index (χ4v) is 3.46. The van der Waals surface area contributed by atoms with Crippen LogP contribution in [0.4, 0.5) is 5.13 Å². The Bertz CT molecular complexity index is 658. The summed E-state index contributed by atoms with van der Waals surface area (Å²) in [6, 6.07) is 5.76. The van der Waals surface area contributed by atoms with Crippen LogP contribution in [-0.2, 0) is 4.79 Å². The van der Waals surface area contributed by atoms with E-state index in [-0.39, 0.29) is 11.3 Å². The number of nitrogens with one attached hydrogen (secondary N) is 1. The van der Waals surface area contributed by atoms with E-state index in [1.54, 1.807) is 0 Å². The van der Waals surface area contributed by atoms with Crippen molar-refractivity contribution in [3.05, 3.63) is 18.2 Å². The third-order valence-electron chi connectivity index (χ3n) is 4.07. The second-order valence-electron chi connectivity index (χ2n) is 5.37. The van der Waals surface area contributed by atoms with Gasteiger partial charge in [0, 0.05) is 6.54 Å². The van der Waals surface area contributed by atoms with E-state index in [0.29, 0.717) is 18.3 Å². The molecule has 5 nitrogen and oxygen atoms in total. The second kappa shape index (κ2) is 5.61. The molecule has 0 aliphatic heterocycles. The number of hydrogen-bond acceptors (Lipinski definition) is 5. The van der Waals surface area contributed by atoms with Crippen LogP contribution in [0.15, 0.2) is 18.2 Å². The number of thiazole rings is 1. The van der Waals surface area contributed by atoms with Crippen molar-refractivity contribution >= 4 is 32.6 Å². The van der Waals surface area contributed by atoms with E-state index < -0.39 is 0 Å². The highest BCUT2D eigenvalue weighted by Crippen LogP contribution is 2.41. The van der Waals surface area contributed by atoms with E-state index in [0.717, 1.165) is 35.2 Å². The van der Waals surface area contributed by atoms with Crippen molar-refractivity contribution in [2.45, 2.75) is 26.2 Å². The zero-order valence-corrected chi connectivity index (χ0v) is 12.8. The maximum Gasteiger partial charge on any atom is 0.233 e. The van der Waals surface area contributed by atoms with Crippen LogP contribution in [0.1, 0.15) is 26.2 Å². The van der Waals surface area contributed by atoms with E-state index in [1.807, 2.05) is 25.1 Å². The number of carbonyl (C=O) groups is 1. The van der Waals surface area contributed by atoms with Crippen molar-refractivity contribution in [2.24, 2.45) is 11.1 Å². The Morgan fingerprint density at radius 3 is 2.95 bits per heavy atom. The molecule has 1 heterocycles. The molecule has 0 spiro atoms. The standard InChI is InChI=1S/C15H19N3O2S/c1-2-20-10-4-5-11-12(8-10)21-14(17-11)18-13(19)15(9-16)6-3-7-15/h4-5,8H,2-3,6-7,9,16H2,1H3,(H,17,18,19). The largest absolute Gasteiger partial charge is 0.494 e. The summed E-state index contributed by atoms with van der Waals surface area (Å²) in [5, 5.41) is 3.55. The topological polar surface area (TPSA) is 77.2 Å². The maximum atomic E-state index is 12.3. The van der Waals surface area contributed by atoms with Crippen LogP contribution < -0.4 is 15.8 Å². The van der Waals surface area contributed by atoms with Crippen LogP contribution in [-0.4, -0.2) is 24.0 Å². The summed E-state index contributed by atoms with van der Waals surface area (Å²) in [7, 11) is 0. The monoisotopic (exact) mass is 305 g/mol. The average molecular weight is 305 g/mol. The number of fused-ring (bicyclic) bond motifs is 1. The molecule has 3 rings (SSSR count). The van der Waals surface area contributed by atoms with Gasteiger partial charge in [0.05, 0.1) is 22.2 Å². The van der Waals surface area contributed by atoms with Gasteiger partial charge in [-0.1, -0.05) is 17.8 Å². The molecule has 1 saturated carbocycles. The van der Waals surface area contributed by atoms with Gasteiger partial charge in [-0.15, -0.1) is 0 Å². The Hall–Kier alpha value is -1.66. The lowest BCUT2D eigenvalue weighted by molar-refractivity contribution is -0.129. The summed E-state index contributed by atoms with van der Waals surface area (Å²) < 4.78 is 6.48. The van der Waals surface area contributed by atoms with E-state index in [9.17, 15) is 4.79 Å². The van der Waals surface area contributed by atoms with Crippen LogP contribution in [0.5, 0.6) is 5.75 Å². The molecular formula is C15H19N3O2S. The van der Waals surface area contributed by atoms with Crippen LogP contribution in [0.2, 0.25) is 0 Å². The molecule has 2 aromatic rings. The molecule has 21 heavy (non-hydrogen) atoms. The van der Waals surface area contributed by atoms with Crippen LogP contribution in [0, 0.1) is 5.41 Å². The van der Waals surface area contributed by atoms with Crippen molar-refractivity contribution in [2.75, 3.05) is 18.5 Å². The van der Waals surface area contributed by atoms with Gasteiger partial charge in [0.2, 0.25) is 5.91 Å². The van der Waals surface area contributed by atoms with Gasteiger partial charge in [0.15, 0.2) is 5.13 Å². The summed E-state index contributed by atoms with van der Waals surface area (Å²) in [6.45, 7) is 2.98. The Balaban J connectivity index is 1.79. The molecule has 1 aromatic carbocycles. The van der Waals surface area contributed by atoms with Gasteiger partial charge in [-0.05, 0) is 38.0 Å². The van der Waals surface area contributed by atoms with Gasteiger partial charge in [-0.2, -0.15) is 0 Å². The van der Waals surface area contributed by atoms with Gasteiger partial charge in [0.25, 0.3) is 0 Å². The highest BCUT2D eigenvalue weighted by Gasteiger charge is 2.43. The molecule has 0 radical (unpaired) electrons. The van der Waals surface area contributed by atoms with E-state index in [4.69, 9.17) is 10.5 Å². The van der Waals surface area contributed by atoms with Crippen molar-refractivity contribution in [1.82, 2.24) is 4.98 Å². The maximum absolute atomic E-state index is 12.3. The van der Waals surface area contributed by atoms with Gasteiger partial charge in [-0.25, -0.2) is 4.98 Å². The molecule has 6 heteroatoms.